The van der Waals surface area contributed by atoms with Gasteiger partial charge in [0.15, 0.2) is 0 Å². The second kappa shape index (κ2) is 5.02. The van der Waals surface area contributed by atoms with Gasteiger partial charge in [-0.2, -0.15) is 0 Å². The Hall–Kier alpha value is -1.13. The number of nitrogens with one attached hydrogen (secondary N) is 1. The summed E-state index contributed by atoms with van der Waals surface area (Å²) >= 11 is 9.48. The summed E-state index contributed by atoms with van der Waals surface area (Å²) < 4.78 is 0.842. The molecular formula is C12H11BrClN3. The molecule has 0 radical (unpaired) electrons. The van der Waals surface area contributed by atoms with Crippen LogP contribution in [-0.2, 0) is 0 Å². The van der Waals surface area contributed by atoms with Crippen LogP contribution in [0.3, 0.4) is 0 Å². The number of halogens is 2. The van der Waals surface area contributed by atoms with Crippen molar-refractivity contribution in [1.82, 2.24) is 9.97 Å². The van der Waals surface area contributed by atoms with Crippen LogP contribution in [0.15, 0.2) is 29.0 Å². The molecule has 1 aromatic carbocycles. The molecule has 0 saturated carbocycles. The third kappa shape index (κ3) is 2.96. The monoisotopic (exact) mass is 311 g/mol. The summed E-state index contributed by atoms with van der Waals surface area (Å²) in [5, 5.41) is 3.79. The predicted molar refractivity (Wildman–Crippen MR) is 73.9 cm³/mol. The Morgan fingerprint density at radius 2 is 1.82 bits per heavy atom. The van der Waals surface area contributed by atoms with Gasteiger partial charge in [-0.15, -0.1) is 0 Å². The molecule has 17 heavy (non-hydrogen) atoms. The van der Waals surface area contributed by atoms with Crippen LogP contribution in [0.25, 0.3) is 0 Å². The van der Waals surface area contributed by atoms with Gasteiger partial charge in [0.1, 0.15) is 0 Å². The highest BCUT2D eigenvalue weighted by atomic mass is 79.9. The Balaban J connectivity index is 2.33. The first-order valence-corrected chi connectivity index (χ1v) is 6.24. The minimum atomic E-state index is 0.530. The average molecular weight is 313 g/mol. The minimum absolute atomic E-state index is 0.530. The summed E-state index contributed by atoms with van der Waals surface area (Å²) in [4.78, 5) is 8.30. The summed E-state index contributed by atoms with van der Waals surface area (Å²) in [6.45, 7) is 4.01. The molecule has 0 atom stereocenters. The zero-order chi connectivity index (χ0) is 12.4. The summed E-state index contributed by atoms with van der Waals surface area (Å²) in [6.07, 6.45) is 3.37. The third-order valence-electron chi connectivity index (χ3n) is 2.29. The lowest BCUT2D eigenvalue weighted by molar-refractivity contribution is 1.15. The number of hydrogen-bond acceptors (Lipinski definition) is 3. The van der Waals surface area contributed by atoms with Gasteiger partial charge in [0.05, 0.1) is 15.2 Å². The maximum Gasteiger partial charge on any atom is 0.227 e. The Morgan fingerprint density at radius 3 is 2.41 bits per heavy atom. The zero-order valence-corrected chi connectivity index (χ0v) is 11.8. The molecule has 2 rings (SSSR count). The molecule has 88 valence electrons. The van der Waals surface area contributed by atoms with Crippen molar-refractivity contribution in [3.8, 4) is 0 Å². The van der Waals surface area contributed by atoms with E-state index in [0.29, 0.717) is 11.0 Å². The molecule has 1 N–H and O–H groups in total. The molecule has 0 amide bonds. The Bertz CT molecular complexity index is 517. The van der Waals surface area contributed by atoms with Crippen molar-refractivity contribution in [2.24, 2.45) is 0 Å². The maximum atomic E-state index is 6.19. The van der Waals surface area contributed by atoms with Crippen molar-refractivity contribution in [1.29, 1.82) is 0 Å². The van der Waals surface area contributed by atoms with Gasteiger partial charge in [-0.3, -0.25) is 0 Å². The fourth-order valence-corrected chi connectivity index (χ4v) is 2.14. The molecule has 0 saturated heterocycles. The van der Waals surface area contributed by atoms with Crippen LogP contribution in [-0.4, -0.2) is 9.97 Å². The Labute approximate surface area is 113 Å². The van der Waals surface area contributed by atoms with E-state index >= 15 is 0 Å². The van der Waals surface area contributed by atoms with Crippen molar-refractivity contribution in [2.45, 2.75) is 13.8 Å². The molecule has 2 aromatic rings. The SMILES string of the molecule is Cc1cc(C)c(Nc2ncc(Br)cn2)c(Cl)c1. The predicted octanol–water partition coefficient (Wildman–Crippen LogP) is 4.25. The van der Waals surface area contributed by atoms with Crippen LogP contribution in [0, 0.1) is 13.8 Å². The molecule has 1 heterocycles. The molecule has 0 aliphatic rings. The van der Waals surface area contributed by atoms with E-state index in [4.69, 9.17) is 11.6 Å². The van der Waals surface area contributed by atoms with Gasteiger partial charge in [0, 0.05) is 12.4 Å². The third-order valence-corrected chi connectivity index (χ3v) is 3.00. The van der Waals surface area contributed by atoms with Gasteiger partial charge in [-0.1, -0.05) is 17.7 Å². The zero-order valence-electron chi connectivity index (χ0n) is 9.46. The van der Waals surface area contributed by atoms with Gasteiger partial charge in [-0.05, 0) is 47.0 Å². The molecule has 5 heteroatoms. The Morgan fingerprint density at radius 1 is 1.18 bits per heavy atom. The summed E-state index contributed by atoms with van der Waals surface area (Å²) in [5.74, 6) is 0.530. The fourth-order valence-electron chi connectivity index (χ4n) is 1.56. The first kappa shape index (κ1) is 12.3. The molecule has 1 aromatic heterocycles. The lowest BCUT2D eigenvalue weighted by atomic mass is 10.1. The topological polar surface area (TPSA) is 37.8 Å². The number of nitrogens with zero attached hydrogens (tertiary/aromatic N) is 2. The largest absolute Gasteiger partial charge is 0.323 e. The highest BCUT2D eigenvalue weighted by molar-refractivity contribution is 9.10. The maximum absolute atomic E-state index is 6.19. The highest BCUT2D eigenvalue weighted by Crippen LogP contribution is 2.29. The normalized spacial score (nSPS) is 10.4. The van der Waals surface area contributed by atoms with E-state index in [-0.39, 0.29) is 0 Å². The van der Waals surface area contributed by atoms with Crippen LogP contribution in [0.4, 0.5) is 11.6 Å². The Kier molecular flexibility index (Phi) is 3.64. The van der Waals surface area contributed by atoms with Crippen molar-refractivity contribution < 1.29 is 0 Å². The molecular weight excluding hydrogens is 302 g/mol. The van der Waals surface area contributed by atoms with Crippen LogP contribution >= 0.6 is 27.5 Å². The van der Waals surface area contributed by atoms with E-state index in [1.54, 1.807) is 12.4 Å². The first-order valence-electron chi connectivity index (χ1n) is 5.07. The number of rotatable bonds is 2. The van der Waals surface area contributed by atoms with Crippen LogP contribution < -0.4 is 5.32 Å². The van der Waals surface area contributed by atoms with Gasteiger partial charge < -0.3 is 5.32 Å². The highest BCUT2D eigenvalue weighted by Gasteiger charge is 2.06. The molecule has 3 nitrogen and oxygen atoms in total. The van der Waals surface area contributed by atoms with Gasteiger partial charge in [-0.25, -0.2) is 9.97 Å². The van der Waals surface area contributed by atoms with Crippen LogP contribution in [0.2, 0.25) is 5.02 Å². The molecule has 0 bridgehead atoms. The van der Waals surface area contributed by atoms with E-state index in [2.05, 4.69) is 37.3 Å². The van der Waals surface area contributed by atoms with Gasteiger partial charge >= 0.3 is 0 Å². The standard InChI is InChI=1S/C12H11BrClN3/c1-7-3-8(2)11(10(14)4-7)17-12-15-5-9(13)6-16-12/h3-6H,1-2H3,(H,15,16,17). The first-order chi connectivity index (χ1) is 8.06. The number of hydrogen-bond donors (Lipinski definition) is 1. The van der Waals surface area contributed by atoms with E-state index in [1.165, 1.54) is 0 Å². The fraction of sp³-hybridized carbons (Fsp3) is 0.167. The number of anilines is 2. The van der Waals surface area contributed by atoms with Crippen LogP contribution in [0.5, 0.6) is 0 Å². The second-order valence-electron chi connectivity index (χ2n) is 3.79. The van der Waals surface area contributed by atoms with E-state index in [9.17, 15) is 0 Å². The van der Waals surface area contributed by atoms with Gasteiger partial charge in [0.25, 0.3) is 0 Å². The second-order valence-corrected chi connectivity index (χ2v) is 5.11. The van der Waals surface area contributed by atoms with Gasteiger partial charge in [0.2, 0.25) is 5.95 Å². The average Bonchev–Trinajstić information content (AvgIpc) is 2.26. The van der Waals surface area contributed by atoms with Crippen molar-refractivity contribution in [3.05, 3.63) is 45.1 Å². The lowest BCUT2D eigenvalue weighted by Crippen LogP contribution is -1.99. The lowest BCUT2D eigenvalue weighted by Gasteiger charge is -2.11. The molecule has 0 unspecified atom stereocenters. The van der Waals surface area contributed by atoms with Crippen molar-refractivity contribution >= 4 is 39.2 Å². The number of aryl methyl sites for hydroxylation is 2. The molecule has 0 fully saturated rings. The number of benzene rings is 1. The van der Waals surface area contributed by atoms with E-state index in [0.717, 1.165) is 21.3 Å². The molecule has 0 aliphatic carbocycles. The smallest absolute Gasteiger partial charge is 0.227 e. The quantitative estimate of drug-likeness (QED) is 0.900. The minimum Gasteiger partial charge on any atom is -0.323 e. The number of aromatic nitrogens is 2. The molecule has 0 spiro atoms. The summed E-state index contributed by atoms with van der Waals surface area (Å²) in [5.41, 5.74) is 3.05. The van der Waals surface area contributed by atoms with Crippen LogP contribution in [0.1, 0.15) is 11.1 Å². The van der Waals surface area contributed by atoms with E-state index in [1.807, 2.05) is 19.9 Å². The van der Waals surface area contributed by atoms with E-state index < -0.39 is 0 Å². The van der Waals surface area contributed by atoms with Crippen molar-refractivity contribution in [3.63, 3.8) is 0 Å². The summed E-state index contributed by atoms with van der Waals surface area (Å²) in [6, 6.07) is 3.98. The summed E-state index contributed by atoms with van der Waals surface area (Å²) in [7, 11) is 0. The molecule has 0 aliphatic heterocycles. The van der Waals surface area contributed by atoms with Crippen molar-refractivity contribution in [2.75, 3.05) is 5.32 Å².